The van der Waals surface area contributed by atoms with Crippen LogP contribution in [0.15, 0.2) is 72.8 Å². The molecule has 0 aliphatic rings. The Morgan fingerprint density at radius 1 is 1.03 bits per heavy atom. The minimum absolute atomic E-state index is 0.0660. The Morgan fingerprint density at radius 2 is 1.83 bits per heavy atom. The number of halogens is 4. The van der Waals surface area contributed by atoms with E-state index in [1.165, 1.54) is 6.07 Å². The molecular weight excluding hydrogens is 493 g/mol. The maximum absolute atomic E-state index is 12.7. The number of fused-ring (bicyclic) bond motifs is 3. The molecule has 0 saturated carbocycles. The number of amides is 1. The van der Waals surface area contributed by atoms with Crippen molar-refractivity contribution in [2.45, 2.75) is 13.2 Å². The predicted octanol–water partition coefficient (Wildman–Crippen LogP) is 7.32. The van der Waals surface area contributed by atoms with E-state index in [0.29, 0.717) is 32.9 Å². The van der Waals surface area contributed by atoms with Gasteiger partial charge in [0.05, 0.1) is 11.0 Å². The van der Waals surface area contributed by atoms with Gasteiger partial charge in [0.1, 0.15) is 5.75 Å². The molecule has 0 unspecified atom stereocenters. The summed E-state index contributed by atoms with van der Waals surface area (Å²) in [5.41, 5.74) is 9.89. The maximum Gasteiger partial charge on any atom is 0.387 e. The van der Waals surface area contributed by atoms with Crippen LogP contribution in [0, 0.1) is 6.07 Å². The van der Waals surface area contributed by atoms with E-state index in [1.54, 1.807) is 42.5 Å². The van der Waals surface area contributed by atoms with Gasteiger partial charge in [-0.05, 0) is 65.7 Å². The number of hydrogen-bond acceptors (Lipinski definition) is 2. The lowest BCUT2D eigenvalue weighted by atomic mass is 10.0. The summed E-state index contributed by atoms with van der Waals surface area (Å²) in [7, 11) is 0. The van der Waals surface area contributed by atoms with E-state index in [0.717, 1.165) is 27.7 Å². The van der Waals surface area contributed by atoms with E-state index in [2.05, 4.69) is 10.8 Å². The molecule has 0 fully saturated rings. The van der Waals surface area contributed by atoms with Gasteiger partial charge in [-0.25, -0.2) is 0 Å². The van der Waals surface area contributed by atoms with Crippen molar-refractivity contribution in [1.29, 1.82) is 0 Å². The summed E-state index contributed by atoms with van der Waals surface area (Å²) in [6, 6.07) is 24.1. The molecule has 1 aromatic heterocycles. The highest BCUT2D eigenvalue weighted by atomic mass is 35.5. The van der Waals surface area contributed by atoms with E-state index in [4.69, 9.17) is 28.9 Å². The van der Waals surface area contributed by atoms with Crippen molar-refractivity contribution in [2.24, 2.45) is 5.73 Å². The van der Waals surface area contributed by atoms with Crippen LogP contribution in [-0.2, 0) is 6.54 Å². The van der Waals surface area contributed by atoms with Gasteiger partial charge in [0.2, 0.25) is 5.91 Å². The standard InChI is InChI=1S/C27H17Cl2F2N2O2/c28-17-8-10-19(22(29)13-17)16-7-9-20-24(12-16)33(23-6-2-5-21(25(20)23)26(32)34)14-15-3-1-4-18(11-15)35-27(30)31/h1-8,10-13,27H,14H2,(H2,32,34). The van der Waals surface area contributed by atoms with E-state index >= 15 is 0 Å². The second-order valence-corrected chi connectivity index (χ2v) is 8.79. The van der Waals surface area contributed by atoms with Gasteiger partial charge in [-0.3, -0.25) is 4.79 Å². The largest absolute Gasteiger partial charge is 0.435 e. The van der Waals surface area contributed by atoms with Crippen LogP contribution in [-0.4, -0.2) is 17.1 Å². The van der Waals surface area contributed by atoms with Crippen LogP contribution >= 0.6 is 23.2 Å². The molecular formula is C27H17Cl2F2N2O2. The van der Waals surface area contributed by atoms with Gasteiger partial charge in [-0.1, -0.05) is 47.5 Å². The maximum atomic E-state index is 12.7. The topological polar surface area (TPSA) is 57.2 Å². The Morgan fingerprint density at radius 3 is 2.57 bits per heavy atom. The number of aromatic nitrogens is 1. The Balaban J connectivity index is 1.74. The van der Waals surface area contributed by atoms with Gasteiger partial charge < -0.3 is 15.0 Å². The third-order valence-electron chi connectivity index (χ3n) is 5.77. The highest BCUT2D eigenvalue weighted by Gasteiger charge is 2.18. The molecule has 0 aliphatic heterocycles. The van der Waals surface area contributed by atoms with Crippen molar-refractivity contribution < 1.29 is 18.3 Å². The minimum Gasteiger partial charge on any atom is -0.435 e. The zero-order valence-corrected chi connectivity index (χ0v) is 19.6. The molecule has 0 atom stereocenters. The molecule has 2 N–H and O–H groups in total. The molecule has 0 bridgehead atoms. The zero-order chi connectivity index (χ0) is 24.7. The van der Waals surface area contributed by atoms with Gasteiger partial charge in [0.25, 0.3) is 0 Å². The summed E-state index contributed by atoms with van der Waals surface area (Å²) in [5, 5.41) is 2.39. The second kappa shape index (κ2) is 9.21. The van der Waals surface area contributed by atoms with Gasteiger partial charge in [-0.15, -0.1) is 0 Å². The fourth-order valence-corrected chi connectivity index (χ4v) is 4.83. The number of hydrogen-bond donors (Lipinski definition) is 1. The summed E-state index contributed by atoms with van der Waals surface area (Å²) in [6.07, 6.45) is 0. The van der Waals surface area contributed by atoms with Gasteiger partial charge >= 0.3 is 6.61 Å². The van der Waals surface area contributed by atoms with E-state index in [-0.39, 0.29) is 5.75 Å². The SMILES string of the molecule is NC(=O)c1cccc2c1c1[c]cc(-c3ccc(Cl)cc3Cl)cc1n2Cc1cccc(OC(F)F)c1. The van der Waals surface area contributed by atoms with Gasteiger partial charge in [0.15, 0.2) is 0 Å². The molecule has 175 valence electrons. The molecule has 5 rings (SSSR count). The number of primary amides is 1. The minimum atomic E-state index is -2.92. The molecule has 4 nitrogen and oxygen atoms in total. The summed E-state index contributed by atoms with van der Waals surface area (Å²) in [5.74, 6) is -0.489. The lowest BCUT2D eigenvalue weighted by molar-refractivity contribution is -0.0498. The Bertz CT molecular complexity index is 1600. The fourth-order valence-electron chi connectivity index (χ4n) is 4.31. The van der Waals surface area contributed by atoms with E-state index < -0.39 is 12.5 Å². The van der Waals surface area contributed by atoms with Crippen molar-refractivity contribution >= 4 is 50.9 Å². The van der Waals surface area contributed by atoms with E-state index in [1.807, 2.05) is 28.8 Å². The molecule has 1 radical (unpaired) electrons. The molecule has 1 amide bonds. The molecule has 35 heavy (non-hydrogen) atoms. The van der Waals surface area contributed by atoms with Crippen LogP contribution in [0.1, 0.15) is 15.9 Å². The number of alkyl halides is 2. The normalized spacial score (nSPS) is 11.5. The quantitative estimate of drug-likeness (QED) is 0.260. The number of carbonyl (C=O) groups excluding carboxylic acids is 1. The molecule has 8 heteroatoms. The Hall–Kier alpha value is -3.61. The second-order valence-electron chi connectivity index (χ2n) is 7.95. The van der Waals surface area contributed by atoms with Crippen molar-refractivity contribution in [3.05, 3.63) is 100 Å². The van der Waals surface area contributed by atoms with Crippen LogP contribution in [0.25, 0.3) is 32.9 Å². The van der Waals surface area contributed by atoms with Crippen LogP contribution in [0.4, 0.5) is 8.78 Å². The fraction of sp³-hybridized carbons (Fsp3) is 0.0741. The third-order valence-corrected chi connectivity index (χ3v) is 6.31. The third kappa shape index (κ3) is 4.43. The van der Waals surface area contributed by atoms with Gasteiger partial charge in [0, 0.05) is 38.5 Å². The monoisotopic (exact) mass is 509 g/mol. The van der Waals surface area contributed by atoms with Crippen LogP contribution in [0.5, 0.6) is 5.75 Å². The number of rotatable bonds is 6. The van der Waals surface area contributed by atoms with Crippen LogP contribution in [0.3, 0.4) is 0 Å². The lowest BCUT2D eigenvalue weighted by Crippen LogP contribution is -2.11. The van der Waals surface area contributed by atoms with Crippen molar-refractivity contribution in [3.8, 4) is 16.9 Å². The lowest BCUT2D eigenvalue weighted by Gasteiger charge is -2.11. The van der Waals surface area contributed by atoms with Crippen LogP contribution in [0.2, 0.25) is 10.0 Å². The average Bonchev–Trinajstić information content (AvgIpc) is 3.12. The Labute approximate surface area is 209 Å². The predicted molar refractivity (Wildman–Crippen MR) is 134 cm³/mol. The van der Waals surface area contributed by atoms with Crippen molar-refractivity contribution in [2.75, 3.05) is 0 Å². The number of benzene rings is 4. The zero-order valence-electron chi connectivity index (χ0n) is 18.1. The number of ether oxygens (including phenoxy) is 1. The summed E-state index contributed by atoms with van der Waals surface area (Å²) >= 11 is 12.5. The molecule has 0 spiro atoms. The van der Waals surface area contributed by atoms with Crippen molar-refractivity contribution in [3.63, 3.8) is 0 Å². The molecule has 0 aliphatic carbocycles. The van der Waals surface area contributed by atoms with Crippen LogP contribution < -0.4 is 10.5 Å². The number of nitrogens with two attached hydrogens (primary N) is 1. The molecule has 5 aromatic rings. The first-order valence-electron chi connectivity index (χ1n) is 10.6. The van der Waals surface area contributed by atoms with Crippen molar-refractivity contribution in [1.82, 2.24) is 4.57 Å². The molecule has 0 saturated heterocycles. The summed E-state index contributed by atoms with van der Waals surface area (Å²) in [4.78, 5) is 12.2. The number of carbonyl (C=O) groups is 1. The Kier molecular flexibility index (Phi) is 6.09. The smallest absolute Gasteiger partial charge is 0.387 e. The van der Waals surface area contributed by atoms with E-state index in [9.17, 15) is 13.6 Å². The molecule has 1 heterocycles. The molecule has 4 aromatic carbocycles. The first-order chi connectivity index (χ1) is 16.8. The number of nitrogens with zero attached hydrogens (tertiary/aromatic N) is 1. The highest BCUT2D eigenvalue weighted by Crippen LogP contribution is 2.37. The first-order valence-corrected chi connectivity index (χ1v) is 11.3. The summed E-state index contributed by atoms with van der Waals surface area (Å²) in [6.45, 7) is -2.59. The van der Waals surface area contributed by atoms with Gasteiger partial charge in [-0.2, -0.15) is 8.78 Å². The first kappa shape index (κ1) is 23.1. The highest BCUT2D eigenvalue weighted by molar-refractivity contribution is 6.36. The summed E-state index contributed by atoms with van der Waals surface area (Å²) < 4.78 is 32.0. The average molecular weight is 510 g/mol.